The number of benzene rings is 1. The molecule has 0 saturated heterocycles. The number of nitrogens with one attached hydrogen (secondary N) is 1. The van der Waals surface area contributed by atoms with Crippen molar-refractivity contribution >= 4 is 34.3 Å². The van der Waals surface area contributed by atoms with Gasteiger partial charge in [-0.25, -0.2) is 0 Å². The van der Waals surface area contributed by atoms with Crippen LogP contribution in [-0.2, 0) is 0 Å². The molecular formula is C20H37NO3SSn. The molecule has 2 atom stereocenters. The van der Waals surface area contributed by atoms with Gasteiger partial charge in [0.2, 0.25) is 0 Å². The maximum absolute atomic E-state index is 8.93. The Morgan fingerprint density at radius 2 is 1.42 bits per heavy atom. The molecule has 0 aliphatic heterocycles. The van der Waals surface area contributed by atoms with Crippen LogP contribution in [0.2, 0.25) is 4.44 Å². The largest absolute Gasteiger partial charge is 0.855 e. The molecule has 1 aromatic rings. The number of thioether (sulfide) groups is 1. The fourth-order valence-electron chi connectivity index (χ4n) is 2.07. The number of hydrogen-bond acceptors (Lipinski definition) is 5. The van der Waals surface area contributed by atoms with Crippen molar-refractivity contribution in [1.82, 2.24) is 5.32 Å². The molecule has 0 saturated carbocycles. The molecule has 6 heteroatoms. The molecule has 1 aromatic carbocycles. The zero-order chi connectivity index (χ0) is 20.6. The zero-order valence-electron chi connectivity index (χ0n) is 17.1. The molecule has 1 rings (SSSR count). The van der Waals surface area contributed by atoms with Gasteiger partial charge in [-0.15, -0.1) is 19.8 Å². The number of hydrogen-bond donors (Lipinski definition) is 1. The van der Waals surface area contributed by atoms with Gasteiger partial charge in [0.15, 0.2) is 0 Å². The average Bonchev–Trinajstić information content (AvgIpc) is 2.63. The molecule has 150 valence electrons. The van der Waals surface area contributed by atoms with E-state index in [1.54, 1.807) is 43.3 Å². The summed E-state index contributed by atoms with van der Waals surface area (Å²) in [6.45, 7) is 8.06. The molecule has 0 amide bonds. The van der Waals surface area contributed by atoms with Gasteiger partial charge in [0, 0.05) is 0 Å². The van der Waals surface area contributed by atoms with Crippen LogP contribution in [0.3, 0.4) is 0 Å². The molecule has 0 aliphatic carbocycles. The van der Waals surface area contributed by atoms with Gasteiger partial charge < -0.3 is 15.3 Å². The monoisotopic (exact) mass is 491 g/mol. The quantitative estimate of drug-likeness (QED) is 0.554. The second kappa shape index (κ2) is 27.4. The van der Waals surface area contributed by atoms with E-state index in [0.29, 0.717) is 5.92 Å². The minimum absolute atomic E-state index is 0. The molecule has 1 N–H and O–H groups in total. The maximum atomic E-state index is 8.93. The second-order valence-corrected chi connectivity index (χ2v) is 7.79. The van der Waals surface area contributed by atoms with Crippen LogP contribution >= 0.6 is 11.8 Å². The molecule has 0 aromatic heterocycles. The Morgan fingerprint density at radius 1 is 0.962 bits per heavy atom. The van der Waals surface area contributed by atoms with E-state index < -0.39 is 0 Å². The van der Waals surface area contributed by atoms with Crippen LogP contribution in [-0.4, -0.2) is 66.9 Å². The third kappa shape index (κ3) is 22.3. The van der Waals surface area contributed by atoms with Crippen molar-refractivity contribution in [2.75, 3.05) is 39.2 Å². The summed E-state index contributed by atoms with van der Waals surface area (Å²) in [5.74, 6) is 1.89. The van der Waals surface area contributed by atoms with Crippen molar-refractivity contribution in [2.45, 2.75) is 49.7 Å². The second-order valence-electron chi connectivity index (χ2n) is 5.05. The molecule has 2 unspecified atom stereocenters. The standard InChI is InChI=1S/C14H22NS.3C2H5O.Sn/c1-4-16-12(2)10-14(11-15-3)13-8-6-5-7-9-13;3*1-2-3;/h5-9,12,14-15H,2,4,10-11H2,1,3H3;3*2H2,1H3;/q;3*-1;+3. The third-order valence-corrected chi connectivity index (χ3v) is 6.31. The third-order valence-electron chi connectivity index (χ3n) is 2.90. The van der Waals surface area contributed by atoms with E-state index in [1.165, 1.54) is 22.2 Å². The fraction of sp³-hybridized carbons (Fsp3) is 0.700. The van der Waals surface area contributed by atoms with E-state index in [9.17, 15) is 0 Å². The molecule has 0 spiro atoms. The van der Waals surface area contributed by atoms with Crippen molar-refractivity contribution in [2.24, 2.45) is 0 Å². The van der Waals surface area contributed by atoms with Gasteiger partial charge in [-0.1, -0.05) is 20.8 Å². The van der Waals surface area contributed by atoms with Crippen molar-refractivity contribution in [3.8, 4) is 0 Å². The SMILES string of the molecule is CCSC([CH2][Sn+3])CC(CNC)c1ccccc1.CC[O-].CC[O-].CC[O-]. The first-order chi connectivity index (χ1) is 12.6. The van der Waals surface area contributed by atoms with Crippen LogP contribution in [0.1, 0.15) is 45.6 Å². The minimum Gasteiger partial charge on any atom is -0.855 e. The normalized spacial score (nSPS) is 11.6. The van der Waals surface area contributed by atoms with Crippen molar-refractivity contribution in [1.29, 1.82) is 0 Å². The van der Waals surface area contributed by atoms with E-state index in [4.69, 9.17) is 15.3 Å². The fourth-order valence-corrected chi connectivity index (χ4v) is 4.51. The first-order valence-electron chi connectivity index (χ1n) is 9.26. The van der Waals surface area contributed by atoms with Gasteiger partial charge >= 0.3 is 124 Å². The summed E-state index contributed by atoms with van der Waals surface area (Å²) in [5, 5.41) is 31.0. The van der Waals surface area contributed by atoms with Crippen LogP contribution in [0.15, 0.2) is 30.3 Å². The Labute approximate surface area is 179 Å². The van der Waals surface area contributed by atoms with Crippen LogP contribution in [0.4, 0.5) is 0 Å². The molecule has 0 bridgehead atoms. The molecule has 0 fully saturated rings. The van der Waals surface area contributed by atoms with Gasteiger partial charge in [-0.2, -0.15) is 0 Å². The van der Waals surface area contributed by atoms with Crippen molar-refractivity contribution in [3.05, 3.63) is 35.9 Å². The summed E-state index contributed by atoms with van der Waals surface area (Å²) < 4.78 is 1.36. The molecule has 0 aliphatic rings. The zero-order valence-corrected chi connectivity index (χ0v) is 20.8. The minimum atomic E-state index is 0. The van der Waals surface area contributed by atoms with Gasteiger partial charge in [0.25, 0.3) is 0 Å². The topological polar surface area (TPSA) is 81.2 Å². The van der Waals surface area contributed by atoms with Gasteiger partial charge in [0.1, 0.15) is 0 Å². The Morgan fingerprint density at radius 3 is 1.77 bits per heavy atom. The first-order valence-corrected chi connectivity index (χ1v) is 12.3. The number of likely N-dealkylation sites (N-methyl/N-ethyl adjacent to an activating group) is 1. The van der Waals surface area contributed by atoms with E-state index >= 15 is 0 Å². The van der Waals surface area contributed by atoms with Crippen LogP contribution < -0.4 is 20.6 Å². The first kappa shape index (κ1) is 30.9. The van der Waals surface area contributed by atoms with Gasteiger partial charge in [-0.3, -0.25) is 0 Å². The smallest absolute Gasteiger partial charge is 0.0809 e. The van der Waals surface area contributed by atoms with Crippen LogP contribution in [0.5, 0.6) is 0 Å². The molecule has 0 heterocycles. The summed E-state index contributed by atoms with van der Waals surface area (Å²) in [6.07, 6.45) is 1.30. The Bertz CT molecular complexity index is 340. The number of rotatable bonds is 8. The average molecular weight is 490 g/mol. The Balaban J connectivity index is -0.000000494. The van der Waals surface area contributed by atoms with Crippen molar-refractivity contribution < 1.29 is 15.3 Å². The van der Waals surface area contributed by atoms with Crippen LogP contribution in [0.25, 0.3) is 0 Å². The summed E-state index contributed by atoms with van der Waals surface area (Å²) in [4.78, 5) is 0. The summed E-state index contributed by atoms with van der Waals surface area (Å²) in [7, 11) is 2.05. The molecule has 0 radical (unpaired) electrons. The molecule has 26 heavy (non-hydrogen) atoms. The van der Waals surface area contributed by atoms with Gasteiger partial charge in [-0.05, 0) is 0 Å². The Kier molecular flexibility index (Phi) is 32.6. The van der Waals surface area contributed by atoms with Crippen LogP contribution in [0, 0.1) is 0 Å². The predicted octanol–water partition coefficient (Wildman–Crippen LogP) is 1.19. The Hall–Kier alpha value is 0.209. The van der Waals surface area contributed by atoms with Gasteiger partial charge in [0.05, 0.1) is 0 Å². The van der Waals surface area contributed by atoms with E-state index in [0.717, 1.165) is 11.8 Å². The van der Waals surface area contributed by atoms with E-state index in [2.05, 4.69) is 61.4 Å². The van der Waals surface area contributed by atoms with E-state index in [1.807, 2.05) is 0 Å². The predicted molar refractivity (Wildman–Crippen MR) is 112 cm³/mol. The molecule has 4 nitrogen and oxygen atoms in total. The summed E-state index contributed by atoms with van der Waals surface area (Å²) in [6, 6.07) is 10.9. The summed E-state index contributed by atoms with van der Waals surface area (Å²) >= 11 is 3.78. The summed E-state index contributed by atoms with van der Waals surface area (Å²) in [5.41, 5.74) is 1.48. The van der Waals surface area contributed by atoms with Crippen molar-refractivity contribution in [3.63, 3.8) is 0 Å². The molecular weight excluding hydrogens is 453 g/mol. The van der Waals surface area contributed by atoms with E-state index in [-0.39, 0.29) is 19.8 Å². The maximum Gasteiger partial charge on any atom is -0.0809 e.